The molecule has 1 aromatic carbocycles. The first-order chi connectivity index (χ1) is 7.84. The fourth-order valence-electron chi connectivity index (χ4n) is 3.04. The minimum atomic E-state index is 0.249. The number of nitrogens with one attached hydrogen (secondary N) is 1. The zero-order valence-corrected chi connectivity index (χ0v) is 9.50. The van der Waals surface area contributed by atoms with Gasteiger partial charge in [-0.25, -0.2) is 0 Å². The third-order valence-electron chi connectivity index (χ3n) is 4.12. The molecule has 1 heterocycles. The molecule has 0 radical (unpaired) electrons. The maximum atomic E-state index is 6.01. The highest BCUT2D eigenvalue weighted by atomic mass is 14.7. The number of nitrogens with two attached hydrogens (primary N) is 1. The van der Waals surface area contributed by atoms with Crippen LogP contribution in [0.15, 0.2) is 30.5 Å². The van der Waals surface area contributed by atoms with E-state index in [2.05, 4.69) is 29.2 Å². The number of benzene rings is 1. The standard InChI is InChI=1S/C14H18N2/c15-10-14(6-1-2-7-14)12-4-3-11-5-8-16-13(11)9-12/h3-5,8-9,16H,1-2,6-7,10,15H2. The summed E-state index contributed by atoms with van der Waals surface area (Å²) in [6.07, 6.45) is 7.13. The fraction of sp³-hybridized carbons (Fsp3) is 0.429. The van der Waals surface area contributed by atoms with E-state index < -0.39 is 0 Å². The van der Waals surface area contributed by atoms with Crippen molar-refractivity contribution in [3.63, 3.8) is 0 Å². The quantitative estimate of drug-likeness (QED) is 0.793. The molecule has 0 atom stereocenters. The first-order valence-electron chi connectivity index (χ1n) is 6.12. The second-order valence-electron chi connectivity index (χ2n) is 4.97. The summed E-state index contributed by atoms with van der Waals surface area (Å²) in [5.41, 5.74) is 8.91. The summed E-state index contributed by atoms with van der Waals surface area (Å²) < 4.78 is 0. The molecule has 0 amide bonds. The Bertz CT molecular complexity index is 492. The molecule has 3 N–H and O–H groups in total. The molecule has 0 spiro atoms. The molecule has 1 aliphatic rings. The Labute approximate surface area is 95.8 Å². The first-order valence-corrected chi connectivity index (χ1v) is 6.12. The number of H-pyrrole nitrogens is 1. The van der Waals surface area contributed by atoms with Gasteiger partial charge in [-0.3, -0.25) is 0 Å². The van der Waals surface area contributed by atoms with Gasteiger partial charge in [0, 0.05) is 23.7 Å². The van der Waals surface area contributed by atoms with Gasteiger partial charge in [-0.15, -0.1) is 0 Å². The molecule has 3 rings (SSSR count). The summed E-state index contributed by atoms with van der Waals surface area (Å²) in [5, 5.41) is 1.29. The van der Waals surface area contributed by atoms with Crippen LogP contribution < -0.4 is 5.73 Å². The van der Waals surface area contributed by atoms with Crippen molar-refractivity contribution in [1.29, 1.82) is 0 Å². The predicted octanol–water partition coefficient (Wildman–Crippen LogP) is 2.94. The van der Waals surface area contributed by atoms with Crippen molar-refractivity contribution < 1.29 is 0 Å². The normalized spacial score (nSPS) is 19.3. The molecule has 0 saturated heterocycles. The van der Waals surface area contributed by atoms with Crippen LogP contribution in [0.4, 0.5) is 0 Å². The van der Waals surface area contributed by atoms with E-state index in [0.717, 1.165) is 6.54 Å². The largest absolute Gasteiger partial charge is 0.361 e. The highest BCUT2D eigenvalue weighted by Gasteiger charge is 2.34. The highest BCUT2D eigenvalue weighted by Crippen LogP contribution is 2.40. The van der Waals surface area contributed by atoms with Crippen LogP contribution in [0.25, 0.3) is 10.9 Å². The van der Waals surface area contributed by atoms with Gasteiger partial charge < -0.3 is 10.7 Å². The Kier molecular flexibility index (Phi) is 2.25. The molecule has 1 aliphatic carbocycles. The van der Waals surface area contributed by atoms with E-state index in [1.165, 1.54) is 42.1 Å². The molecule has 0 unspecified atom stereocenters. The lowest BCUT2D eigenvalue weighted by Crippen LogP contribution is -2.31. The van der Waals surface area contributed by atoms with E-state index in [9.17, 15) is 0 Å². The third kappa shape index (κ3) is 1.37. The van der Waals surface area contributed by atoms with Crippen LogP contribution in [0.3, 0.4) is 0 Å². The molecular weight excluding hydrogens is 196 g/mol. The molecule has 2 heteroatoms. The van der Waals surface area contributed by atoms with Gasteiger partial charge in [-0.2, -0.15) is 0 Å². The Morgan fingerprint density at radius 2 is 2.00 bits per heavy atom. The van der Waals surface area contributed by atoms with Crippen molar-refractivity contribution in [2.24, 2.45) is 5.73 Å². The monoisotopic (exact) mass is 214 g/mol. The molecule has 84 valence electrons. The van der Waals surface area contributed by atoms with Gasteiger partial charge in [0.2, 0.25) is 0 Å². The van der Waals surface area contributed by atoms with Crippen LogP contribution in [-0.2, 0) is 5.41 Å². The molecule has 0 bridgehead atoms. The van der Waals surface area contributed by atoms with Gasteiger partial charge in [-0.1, -0.05) is 25.0 Å². The topological polar surface area (TPSA) is 41.8 Å². The number of aromatic nitrogens is 1. The Morgan fingerprint density at radius 1 is 1.19 bits per heavy atom. The summed E-state index contributed by atoms with van der Waals surface area (Å²) in [7, 11) is 0. The summed E-state index contributed by atoms with van der Waals surface area (Å²) in [5.74, 6) is 0. The number of hydrogen-bond acceptors (Lipinski definition) is 1. The van der Waals surface area contributed by atoms with Crippen LogP contribution in [0, 0.1) is 0 Å². The second-order valence-corrected chi connectivity index (χ2v) is 4.97. The molecule has 2 aromatic rings. The van der Waals surface area contributed by atoms with Crippen molar-refractivity contribution in [1.82, 2.24) is 4.98 Å². The second kappa shape index (κ2) is 3.63. The van der Waals surface area contributed by atoms with Crippen LogP contribution in [0.2, 0.25) is 0 Å². The van der Waals surface area contributed by atoms with Crippen LogP contribution >= 0.6 is 0 Å². The number of aromatic amines is 1. The predicted molar refractivity (Wildman–Crippen MR) is 67.5 cm³/mol. The van der Waals surface area contributed by atoms with Gasteiger partial charge in [-0.05, 0) is 35.9 Å². The summed E-state index contributed by atoms with van der Waals surface area (Å²) in [4.78, 5) is 3.28. The van der Waals surface area contributed by atoms with Crippen molar-refractivity contribution in [3.8, 4) is 0 Å². The van der Waals surface area contributed by atoms with E-state index in [0.29, 0.717) is 0 Å². The zero-order chi connectivity index (χ0) is 11.0. The first kappa shape index (κ1) is 9.91. The van der Waals surface area contributed by atoms with E-state index >= 15 is 0 Å². The summed E-state index contributed by atoms with van der Waals surface area (Å²) in [6, 6.07) is 8.86. The zero-order valence-electron chi connectivity index (χ0n) is 9.50. The van der Waals surface area contributed by atoms with E-state index in [1.54, 1.807) is 0 Å². The Hall–Kier alpha value is -1.28. The summed E-state index contributed by atoms with van der Waals surface area (Å²) in [6.45, 7) is 0.777. The molecule has 1 aromatic heterocycles. The third-order valence-corrected chi connectivity index (χ3v) is 4.12. The lowest BCUT2D eigenvalue weighted by atomic mass is 9.79. The smallest absolute Gasteiger partial charge is 0.0456 e. The maximum Gasteiger partial charge on any atom is 0.0456 e. The van der Waals surface area contributed by atoms with E-state index in [-0.39, 0.29) is 5.41 Å². The molecule has 16 heavy (non-hydrogen) atoms. The van der Waals surface area contributed by atoms with Gasteiger partial charge in [0.25, 0.3) is 0 Å². The van der Waals surface area contributed by atoms with Crippen molar-refractivity contribution in [3.05, 3.63) is 36.0 Å². The molecular formula is C14H18N2. The molecule has 1 saturated carbocycles. The highest BCUT2D eigenvalue weighted by molar-refractivity contribution is 5.80. The molecule has 0 aliphatic heterocycles. The minimum Gasteiger partial charge on any atom is -0.361 e. The van der Waals surface area contributed by atoms with Gasteiger partial charge >= 0.3 is 0 Å². The van der Waals surface area contributed by atoms with Crippen LogP contribution in [-0.4, -0.2) is 11.5 Å². The fourth-order valence-corrected chi connectivity index (χ4v) is 3.04. The number of rotatable bonds is 2. The lowest BCUT2D eigenvalue weighted by molar-refractivity contribution is 0.453. The van der Waals surface area contributed by atoms with Crippen LogP contribution in [0.1, 0.15) is 31.2 Å². The van der Waals surface area contributed by atoms with E-state index in [4.69, 9.17) is 5.73 Å². The summed E-state index contributed by atoms with van der Waals surface area (Å²) >= 11 is 0. The van der Waals surface area contributed by atoms with Crippen molar-refractivity contribution in [2.45, 2.75) is 31.1 Å². The van der Waals surface area contributed by atoms with Crippen molar-refractivity contribution >= 4 is 10.9 Å². The Morgan fingerprint density at radius 3 is 2.75 bits per heavy atom. The lowest BCUT2D eigenvalue weighted by Gasteiger charge is -2.27. The van der Waals surface area contributed by atoms with Crippen LogP contribution in [0.5, 0.6) is 0 Å². The van der Waals surface area contributed by atoms with Crippen molar-refractivity contribution in [2.75, 3.05) is 6.54 Å². The minimum absolute atomic E-state index is 0.249. The average Bonchev–Trinajstić information content (AvgIpc) is 2.97. The van der Waals surface area contributed by atoms with Gasteiger partial charge in [0.1, 0.15) is 0 Å². The average molecular weight is 214 g/mol. The number of fused-ring (bicyclic) bond motifs is 1. The maximum absolute atomic E-state index is 6.01. The Balaban J connectivity index is 2.09. The number of hydrogen-bond donors (Lipinski definition) is 2. The van der Waals surface area contributed by atoms with E-state index in [1.807, 2.05) is 6.20 Å². The van der Waals surface area contributed by atoms with Gasteiger partial charge in [0.05, 0.1) is 0 Å². The molecule has 2 nitrogen and oxygen atoms in total. The molecule has 1 fully saturated rings. The SMILES string of the molecule is NCC1(c2ccc3cc[nH]c3c2)CCCC1. The van der Waals surface area contributed by atoms with Gasteiger partial charge in [0.15, 0.2) is 0 Å².